The molecule has 3 saturated heterocycles. The predicted molar refractivity (Wildman–Crippen MR) is 128 cm³/mol. The normalized spacial score (nSPS) is 32.2. The van der Waals surface area contributed by atoms with Crippen molar-refractivity contribution in [2.24, 2.45) is 17.8 Å². The molecule has 3 fully saturated rings. The number of fused-ring (bicyclic) bond motifs is 1. The second-order valence-corrected chi connectivity index (χ2v) is 11.1. The van der Waals surface area contributed by atoms with Gasteiger partial charge in [-0.25, -0.2) is 0 Å². The molecule has 4 rings (SSSR count). The average Bonchev–Trinajstić information content (AvgIpc) is 3.35. The van der Waals surface area contributed by atoms with E-state index in [1.807, 2.05) is 32.0 Å². The van der Waals surface area contributed by atoms with E-state index in [1.54, 1.807) is 23.6 Å². The fourth-order valence-electron chi connectivity index (χ4n) is 6.16. The first-order valence-electron chi connectivity index (χ1n) is 11.9. The SMILES string of the molecule is CCOC(=O)[C@@H]1[C@@H]2CC(C)C3(S2)C(C(=O)Nc2c(C)cccc2C)N(CCCCO)C(=O)[C@H]13. The number of para-hydroxylation sites is 1. The number of aliphatic hydroxyl groups excluding tert-OH is 1. The minimum absolute atomic E-state index is 0.0110. The van der Waals surface area contributed by atoms with Crippen molar-refractivity contribution in [2.45, 2.75) is 63.0 Å². The quantitative estimate of drug-likeness (QED) is 0.444. The van der Waals surface area contributed by atoms with Gasteiger partial charge in [0.05, 0.1) is 23.2 Å². The van der Waals surface area contributed by atoms with Crippen LogP contribution in [0.2, 0.25) is 0 Å². The van der Waals surface area contributed by atoms with E-state index in [-0.39, 0.29) is 42.2 Å². The first-order chi connectivity index (χ1) is 15.8. The zero-order chi connectivity index (χ0) is 23.9. The molecular formula is C25H34N2O5S. The van der Waals surface area contributed by atoms with Crippen molar-refractivity contribution in [1.29, 1.82) is 0 Å². The van der Waals surface area contributed by atoms with E-state index in [1.165, 1.54) is 0 Å². The van der Waals surface area contributed by atoms with E-state index in [2.05, 4.69) is 12.2 Å². The van der Waals surface area contributed by atoms with Gasteiger partial charge < -0.3 is 20.1 Å². The highest BCUT2D eigenvalue weighted by Gasteiger charge is 2.76. The molecule has 0 aromatic heterocycles. The van der Waals surface area contributed by atoms with E-state index in [9.17, 15) is 19.5 Å². The minimum atomic E-state index is -0.669. The molecule has 2 N–H and O–H groups in total. The van der Waals surface area contributed by atoms with Gasteiger partial charge in [-0.15, -0.1) is 11.8 Å². The highest BCUT2D eigenvalue weighted by Crippen LogP contribution is 2.68. The first kappa shape index (κ1) is 24.1. The lowest BCUT2D eigenvalue weighted by Crippen LogP contribution is -2.54. The molecular weight excluding hydrogens is 440 g/mol. The van der Waals surface area contributed by atoms with Crippen molar-refractivity contribution in [2.75, 3.05) is 25.1 Å². The second-order valence-electron chi connectivity index (χ2n) is 9.52. The smallest absolute Gasteiger partial charge is 0.310 e. The number of carbonyl (C=O) groups is 3. The molecule has 8 heteroatoms. The van der Waals surface area contributed by atoms with Crippen LogP contribution in [0, 0.1) is 31.6 Å². The number of ether oxygens (including phenoxy) is 1. The van der Waals surface area contributed by atoms with Crippen molar-refractivity contribution < 1.29 is 24.2 Å². The van der Waals surface area contributed by atoms with Gasteiger partial charge in [0, 0.05) is 24.1 Å². The summed E-state index contributed by atoms with van der Waals surface area (Å²) in [7, 11) is 0. The Morgan fingerprint density at radius 3 is 2.61 bits per heavy atom. The van der Waals surface area contributed by atoms with E-state index >= 15 is 0 Å². The van der Waals surface area contributed by atoms with Crippen molar-refractivity contribution in [3.05, 3.63) is 29.3 Å². The second kappa shape index (κ2) is 9.29. The van der Waals surface area contributed by atoms with Crippen LogP contribution in [0.5, 0.6) is 0 Å². The van der Waals surface area contributed by atoms with Gasteiger partial charge in [-0.05, 0) is 57.1 Å². The third-order valence-electron chi connectivity index (χ3n) is 7.59. The number of hydrogen-bond acceptors (Lipinski definition) is 6. The maximum atomic E-state index is 13.9. The van der Waals surface area contributed by atoms with E-state index < -0.39 is 22.6 Å². The van der Waals surface area contributed by atoms with Crippen LogP contribution in [0.3, 0.4) is 0 Å². The molecule has 0 saturated carbocycles. The maximum absolute atomic E-state index is 13.9. The summed E-state index contributed by atoms with van der Waals surface area (Å²) >= 11 is 1.65. The van der Waals surface area contributed by atoms with Gasteiger partial charge >= 0.3 is 5.97 Å². The van der Waals surface area contributed by atoms with Crippen LogP contribution in [-0.2, 0) is 19.1 Å². The molecule has 0 aliphatic carbocycles. The Morgan fingerprint density at radius 2 is 1.97 bits per heavy atom. The van der Waals surface area contributed by atoms with Crippen LogP contribution in [0.25, 0.3) is 0 Å². The van der Waals surface area contributed by atoms with Crippen LogP contribution >= 0.6 is 11.8 Å². The zero-order valence-corrected chi connectivity index (χ0v) is 20.6. The number of carbonyl (C=O) groups excluding carboxylic acids is 3. The highest BCUT2D eigenvalue weighted by molar-refractivity contribution is 8.02. The number of benzene rings is 1. The van der Waals surface area contributed by atoms with Gasteiger partial charge in [-0.2, -0.15) is 0 Å². The lowest BCUT2D eigenvalue weighted by molar-refractivity contribution is -0.154. The molecule has 7 nitrogen and oxygen atoms in total. The summed E-state index contributed by atoms with van der Waals surface area (Å²) in [6.07, 6.45) is 1.94. The fraction of sp³-hybridized carbons (Fsp3) is 0.640. The molecule has 3 aliphatic rings. The van der Waals surface area contributed by atoms with Crippen LogP contribution in [-0.4, -0.2) is 63.6 Å². The Morgan fingerprint density at radius 1 is 1.27 bits per heavy atom. The van der Waals surface area contributed by atoms with Crippen molar-refractivity contribution in [3.8, 4) is 0 Å². The summed E-state index contributed by atoms with van der Waals surface area (Å²) in [5.74, 6) is -1.61. The molecule has 3 heterocycles. The number of thioether (sulfide) groups is 1. The summed E-state index contributed by atoms with van der Waals surface area (Å²) in [4.78, 5) is 42.3. The number of esters is 1. The predicted octanol–water partition coefficient (Wildman–Crippen LogP) is 2.91. The molecule has 6 atom stereocenters. The number of hydrogen-bond donors (Lipinski definition) is 2. The van der Waals surface area contributed by atoms with Gasteiger partial charge in [0.25, 0.3) is 0 Å². The average molecular weight is 475 g/mol. The molecule has 3 aliphatic heterocycles. The van der Waals surface area contributed by atoms with Gasteiger partial charge in [-0.3, -0.25) is 14.4 Å². The third-order valence-corrected chi connectivity index (χ3v) is 9.67. The lowest BCUT2D eigenvalue weighted by Gasteiger charge is -2.38. The third kappa shape index (κ3) is 3.75. The van der Waals surface area contributed by atoms with Gasteiger partial charge in [-0.1, -0.05) is 25.1 Å². The summed E-state index contributed by atoms with van der Waals surface area (Å²) < 4.78 is 4.71. The molecule has 3 unspecified atom stereocenters. The fourth-order valence-corrected chi connectivity index (χ4v) is 8.57. The number of unbranched alkanes of at least 4 members (excludes halogenated alkanes) is 1. The van der Waals surface area contributed by atoms with E-state index in [4.69, 9.17) is 4.74 Å². The summed E-state index contributed by atoms with van der Waals surface area (Å²) in [6, 6.07) is 5.20. The number of anilines is 1. The first-order valence-corrected chi connectivity index (χ1v) is 12.8. The van der Waals surface area contributed by atoms with Gasteiger partial charge in [0.1, 0.15) is 6.04 Å². The summed E-state index contributed by atoms with van der Waals surface area (Å²) in [6.45, 7) is 8.48. The number of aliphatic hydroxyl groups is 1. The number of nitrogens with zero attached hydrogens (tertiary/aromatic N) is 1. The van der Waals surface area contributed by atoms with Gasteiger partial charge in [0.2, 0.25) is 11.8 Å². The van der Waals surface area contributed by atoms with Crippen molar-refractivity contribution in [1.82, 2.24) is 4.90 Å². The number of amides is 2. The molecule has 180 valence electrons. The van der Waals surface area contributed by atoms with Crippen molar-refractivity contribution in [3.63, 3.8) is 0 Å². The molecule has 33 heavy (non-hydrogen) atoms. The maximum Gasteiger partial charge on any atom is 0.310 e. The minimum Gasteiger partial charge on any atom is -0.466 e. The number of nitrogens with one attached hydrogen (secondary N) is 1. The molecule has 0 radical (unpaired) electrons. The molecule has 1 aromatic carbocycles. The monoisotopic (exact) mass is 474 g/mol. The van der Waals surface area contributed by atoms with E-state index in [0.29, 0.717) is 19.4 Å². The standard InChI is InChI=1S/C25H34N2O5S/c1-5-32-24(31)18-17-13-16(4)25(33-17)19(18)23(30)27(11-6-7-12-28)21(25)22(29)26-20-14(2)9-8-10-15(20)3/h8-10,16-19,21,28H,5-7,11-13H2,1-4H3,(H,26,29)/t16?,17-,18+,19-,21?,25?/m0/s1. The number of likely N-dealkylation sites (tertiary alicyclic amines) is 1. The van der Waals surface area contributed by atoms with E-state index in [0.717, 1.165) is 23.2 Å². The number of aryl methyl sites for hydroxylation is 2. The molecule has 2 bridgehead atoms. The highest BCUT2D eigenvalue weighted by atomic mass is 32.2. The zero-order valence-electron chi connectivity index (χ0n) is 19.8. The summed E-state index contributed by atoms with van der Waals surface area (Å²) in [5.41, 5.74) is 2.71. The summed E-state index contributed by atoms with van der Waals surface area (Å²) in [5, 5.41) is 12.4. The molecule has 2 amide bonds. The van der Waals surface area contributed by atoms with Crippen LogP contribution < -0.4 is 5.32 Å². The van der Waals surface area contributed by atoms with Gasteiger partial charge in [0.15, 0.2) is 0 Å². The molecule has 1 spiro atoms. The Hall–Kier alpha value is -2.06. The van der Waals surface area contributed by atoms with Crippen LogP contribution in [0.1, 0.15) is 44.2 Å². The lowest BCUT2D eigenvalue weighted by atomic mass is 9.66. The Kier molecular flexibility index (Phi) is 6.78. The van der Waals surface area contributed by atoms with Crippen LogP contribution in [0.4, 0.5) is 5.69 Å². The van der Waals surface area contributed by atoms with Crippen molar-refractivity contribution >= 4 is 35.2 Å². The Labute approximate surface area is 199 Å². The molecule has 1 aromatic rings. The largest absolute Gasteiger partial charge is 0.466 e. The topological polar surface area (TPSA) is 95.9 Å². The number of rotatable bonds is 8. The Bertz CT molecular complexity index is 932. The van der Waals surface area contributed by atoms with Crippen LogP contribution in [0.15, 0.2) is 18.2 Å². The Balaban J connectivity index is 1.73.